The molecule has 0 atom stereocenters. The third-order valence-corrected chi connectivity index (χ3v) is 4.48. The number of anilines is 1. The number of nitrogens with one attached hydrogen (secondary N) is 1. The smallest absolute Gasteiger partial charge is 0.326 e. The van der Waals surface area contributed by atoms with Crippen molar-refractivity contribution in [3.05, 3.63) is 29.3 Å². The first-order valence-electron chi connectivity index (χ1n) is 8.85. The zero-order valence-electron chi connectivity index (χ0n) is 16.2. The number of likely N-dealkylation sites (N-methyl/N-ethyl adjacent to an activating group) is 2. The van der Waals surface area contributed by atoms with Gasteiger partial charge < -0.3 is 15.1 Å². The molecule has 8 heteroatoms. The van der Waals surface area contributed by atoms with Crippen LogP contribution in [0.15, 0.2) is 18.2 Å². The standard InChI is InChI=1S/C19H26N4O4/c1-13-7-8-14(2)15(10-13)20-16(24)11-21(3)17(25)6-5-9-23-18(26)12-22(4)19(23)27/h7-8,10H,5-6,9,11-12H2,1-4H3,(H,20,24). The zero-order valence-corrected chi connectivity index (χ0v) is 16.2. The fraction of sp³-hybridized carbons (Fsp3) is 0.474. The van der Waals surface area contributed by atoms with E-state index in [1.165, 1.54) is 9.80 Å². The lowest BCUT2D eigenvalue weighted by Gasteiger charge is -2.18. The Morgan fingerprint density at radius 2 is 1.93 bits per heavy atom. The molecule has 0 bridgehead atoms. The first kappa shape index (κ1) is 20.4. The summed E-state index contributed by atoms with van der Waals surface area (Å²) in [5, 5.41) is 2.82. The van der Waals surface area contributed by atoms with Gasteiger partial charge in [-0.2, -0.15) is 0 Å². The maximum absolute atomic E-state index is 12.2. The number of hydrogen-bond donors (Lipinski definition) is 1. The molecule has 1 aromatic rings. The van der Waals surface area contributed by atoms with Gasteiger partial charge in [0.1, 0.15) is 6.54 Å². The van der Waals surface area contributed by atoms with E-state index in [9.17, 15) is 19.2 Å². The number of carbonyl (C=O) groups is 4. The largest absolute Gasteiger partial charge is 0.336 e. The van der Waals surface area contributed by atoms with Gasteiger partial charge in [0.05, 0.1) is 6.54 Å². The lowest BCUT2D eigenvalue weighted by atomic mass is 10.1. The monoisotopic (exact) mass is 374 g/mol. The minimum atomic E-state index is -0.339. The maximum Gasteiger partial charge on any atom is 0.326 e. The van der Waals surface area contributed by atoms with Crippen molar-refractivity contribution >= 4 is 29.4 Å². The number of amides is 5. The Morgan fingerprint density at radius 1 is 1.22 bits per heavy atom. The van der Waals surface area contributed by atoms with E-state index in [1.54, 1.807) is 14.1 Å². The second kappa shape index (κ2) is 8.66. The molecule has 1 heterocycles. The SMILES string of the molecule is Cc1ccc(C)c(NC(=O)CN(C)C(=O)CCCN2C(=O)CN(C)C2=O)c1. The molecular formula is C19H26N4O4. The Hall–Kier alpha value is -2.90. The Bertz CT molecular complexity index is 762. The van der Waals surface area contributed by atoms with Gasteiger partial charge in [0.15, 0.2) is 0 Å². The van der Waals surface area contributed by atoms with Gasteiger partial charge in [0, 0.05) is 32.7 Å². The topological polar surface area (TPSA) is 90.0 Å². The molecule has 146 valence electrons. The summed E-state index contributed by atoms with van der Waals surface area (Å²) in [4.78, 5) is 51.7. The Morgan fingerprint density at radius 3 is 2.56 bits per heavy atom. The van der Waals surface area contributed by atoms with E-state index in [-0.39, 0.29) is 49.8 Å². The number of imide groups is 1. The van der Waals surface area contributed by atoms with Crippen molar-refractivity contribution in [3.8, 4) is 0 Å². The van der Waals surface area contributed by atoms with Crippen LogP contribution in [-0.4, -0.2) is 72.2 Å². The molecule has 1 aromatic carbocycles. The van der Waals surface area contributed by atoms with Gasteiger partial charge >= 0.3 is 6.03 Å². The van der Waals surface area contributed by atoms with Crippen molar-refractivity contribution in [1.82, 2.24) is 14.7 Å². The first-order valence-corrected chi connectivity index (χ1v) is 8.85. The zero-order chi connectivity index (χ0) is 20.1. The fourth-order valence-electron chi connectivity index (χ4n) is 2.83. The van der Waals surface area contributed by atoms with Crippen molar-refractivity contribution in [2.24, 2.45) is 0 Å². The number of carbonyl (C=O) groups excluding carboxylic acids is 4. The van der Waals surface area contributed by atoms with Gasteiger partial charge in [0.2, 0.25) is 17.7 Å². The molecule has 0 aliphatic carbocycles. The molecule has 2 rings (SSSR count). The van der Waals surface area contributed by atoms with Crippen LogP contribution in [0.5, 0.6) is 0 Å². The molecule has 0 unspecified atom stereocenters. The summed E-state index contributed by atoms with van der Waals surface area (Å²) in [5.74, 6) is -0.735. The van der Waals surface area contributed by atoms with Gasteiger partial charge in [0.25, 0.3) is 0 Å². The van der Waals surface area contributed by atoms with Gasteiger partial charge in [-0.15, -0.1) is 0 Å². The molecule has 27 heavy (non-hydrogen) atoms. The summed E-state index contributed by atoms with van der Waals surface area (Å²) in [6, 6.07) is 5.44. The van der Waals surface area contributed by atoms with Crippen LogP contribution >= 0.6 is 0 Å². The molecule has 5 amide bonds. The minimum absolute atomic E-state index is 0.0590. The quantitative estimate of drug-likeness (QED) is 0.730. The highest BCUT2D eigenvalue weighted by atomic mass is 16.2. The average Bonchev–Trinajstić information content (AvgIpc) is 2.83. The maximum atomic E-state index is 12.2. The van der Waals surface area contributed by atoms with E-state index in [1.807, 2.05) is 32.0 Å². The van der Waals surface area contributed by atoms with Crippen molar-refractivity contribution in [1.29, 1.82) is 0 Å². The van der Waals surface area contributed by atoms with E-state index in [4.69, 9.17) is 0 Å². The molecular weight excluding hydrogens is 348 g/mol. The summed E-state index contributed by atoms with van der Waals surface area (Å²) < 4.78 is 0. The van der Waals surface area contributed by atoms with Crippen molar-refractivity contribution in [2.45, 2.75) is 26.7 Å². The Kier molecular flexibility index (Phi) is 6.55. The number of urea groups is 1. The molecule has 0 radical (unpaired) electrons. The highest BCUT2D eigenvalue weighted by Crippen LogP contribution is 2.16. The molecule has 1 aliphatic heterocycles. The lowest BCUT2D eigenvalue weighted by molar-refractivity contribution is -0.133. The second-order valence-electron chi connectivity index (χ2n) is 6.90. The second-order valence-corrected chi connectivity index (χ2v) is 6.90. The summed E-state index contributed by atoms with van der Waals surface area (Å²) in [5.41, 5.74) is 2.72. The van der Waals surface area contributed by atoms with Crippen LogP contribution in [0.1, 0.15) is 24.0 Å². The van der Waals surface area contributed by atoms with Crippen molar-refractivity contribution in [3.63, 3.8) is 0 Å². The minimum Gasteiger partial charge on any atom is -0.336 e. The molecule has 1 saturated heterocycles. The Balaban J connectivity index is 1.78. The van der Waals surface area contributed by atoms with Gasteiger partial charge in [-0.3, -0.25) is 19.3 Å². The third-order valence-electron chi connectivity index (χ3n) is 4.48. The number of aryl methyl sites for hydroxylation is 2. The summed E-state index contributed by atoms with van der Waals surface area (Å²) >= 11 is 0. The predicted molar refractivity (Wildman–Crippen MR) is 101 cm³/mol. The molecule has 0 spiro atoms. The normalized spacial score (nSPS) is 13.9. The third kappa shape index (κ3) is 5.29. The molecule has 1 aliphatic rings. The number of nitrogens with zero attached hydrogens (tertiary/aromatic N) is 3. The number of rotatable bonds is 7. The van der Waals surface area contributed by atoms with Crippen LogP contribution < -0.4 is 5.32 Å². The molecule has 0 aromatic heterocycles. The Labute approximate surface area is 159 Å². The van der Waals surface area contributed by atoms with E-state index < -0.39 is 0 Å². The van der Waals surface area contributed by atoms with Crippen LogP contribution in [0.2, 0.25) is 0 Å². The predicted octanol–water partition coefficient (Wildman–Crippen LogP) is 1.37. The van der Waals surface area contributed by atoms with Crippen LogP contribution in [0.3, 0.4) is 0 Å². The van der Waals surface area contributed by atoms with Crippen molar-refractivity contribution < 1.29 is 19.2 Å². The van der Waals surface area contributed by atoms with E-state index in [2.05, 4.69) is 5.32 Å². The van der Waals surface area contributed by atoms with Gasteiger partial charge in [-0.05, 0) is 37.5 Å². The van der Waals surface area contributed by atoms with Gasteiger partial charge in [-0.25, -0.2) is 4.79 Å². The lowest BCUT2D eigenvalue weighted by Crippen LogP contribution is -2.36. The first-order chi connectivity index (χ1) is 12.7. The molecule has 0 saturated carbocycles. The summed E-state index contributed by atoms with van der Waals surface area (Å²) in [6.45, 7) is 4.07. The highest BCUT2D eigenvalue weighted by molar-refractivity contribution is 6.01. The number of benzene rings is 1. The molecule has 1 N–H and O–H groups in total. The molecule has 1 fully saturated rings. The number of hydrogen-bond acceptors (Lipinski definition) is 4. The molecule has 8 nitrogen and oxygen atoms in total. The van der Waals surface area contributed by atoms with Gasteiger partial charge in [-0.1, -0.05) is 12.1 Å². The average molecular weight is 374 g/mol. The van der Waals surface area contributed by atoms with Crippen molar-refractivity contribution in [2.75, 3.05) is 39.0 Å². The summed E-state index contributed by atoms with van der Waals surface area (Å²) in [6.07, 6.45) is 0.529. The van der Waals surface area contributed by atoms with Crippen LogP contribution in [0.4, 0.5) is 10.5 Å². The summed E-state index contributed by atoms with van der Waals surface area (Å²) in [7, 11) is 3.12. The fourth-order valence-corrected chi connectivity index (χ4v) is 2.83. The highest BCUT2D eigenvalue weighted by Gasteiger charge is 2.32. The van der Waals surface area contributed by atoms with E-state index in [0.29, 0.717) is 6.42 Å². The van der Waals surface area contributed by atoms with Crippen LogP contribution in [-0.2, 0) is 14.4 Å². The van der Waals surface area contributed by atoms with E-state index in [0.717, 1.165) is 21.7 Å². The van der Waals surface area contributed by atoms with Crippen LogP contribution in [0, 0.1) is 13.8 Å². The van der Waals surface area contributed by atoms with E-state index >= 15 is 0 Å². The van der Waals surface area contributed by atoms with Crippen LogP contribution in [0.25, 0.3) is 0 Å².